The highest BCUT2D eigenvalue weighted by atomic mass is 31.2. The van der Waals surface area contributed by atoms with E-state index < -0.39 is 7.60 Å². The molecule has 1 rings (SSSR count). The van der Waals surface area contributed by atoms with E-state index in [-0.39, 0.29) is 23.5 Å². The van der Waals surface area contributed by atoms with E-state index in [2.05, 4.69) is 0 Å². The number of hydrogen-bond acceptors (Lipinski definition) is 2. The van der Waals surface area contributed by atoms with Gasteiger partial charge in [-0.3, -0.25) is 0 Å². The minimum atomic E-state index is -3.40. The zero-order valence-electron chi connectivity index (χ0n) is 6.80. The van der Waals surface area contributed by atoms with Gasteiger partial charge in [-0.15, -0.1) is 0 Å². The standard InChI is InChI=1S/C8H11O3P.Al.3H/c1-2-12(9,10)11-8-6-4-3-5-7-8;;;;/h3-7H,2H2,1H3,(H,9,10);;;;. The van der Waals surface area contributed by atoms with Gasteiger partial charge in [0.05, 0.1) is 6.16 Å². The summed E-state index contributed by atoms with van der Waals surface area (Å²) in [7, 11) is -3.40. The minimum absolute atomic E-state index is 0. The molecule has 1 aromatic rings. The topological polar surface area (TPSA) is 46.5 Å². The van der Waals surface area contributed by atoms with Crippen molar-refractivity contribution in [1.29, 1.82) is 0 Å². The van der Waals surface area contributed by atoms with E-state index in [4.69, 9.17) is 9.42 Å². The lowest BCUT2D eigenvalue weighted by Gasteiger charge is -2.10. The molecule has 0 spiro atoms. The lowest BCUT2D eigenvalue weighted by atomic mass is 10.3. The van der Waals surface area contributed by atoms with Crippen LogP contribution in [-0.4, -0.2) is 28.4 Å². The van der Waals surface area contributed by atoms with Gasteiger partial charge in [0.25, 0.3) is 0 Å². The molecule has 0 aliphatic rings. The van der Waals surface area contributed by atoms with E-state index in [1.165, 1.54) is 0 Å². The van der Waals surface area contributed by atoms with Gasteiger partial charge in [-0.05, 0) is 12.1 Å². The van der Waals surface area contributed by atoms with E-state index in [0.29, 0.717) is 5.75 Å². The highest BCUT2D eigenvalue weighted by Gasteiger charge is 2.16. The predicted octanol–water partition coefficient (Wildman–Crippen LogP) is 1.09. The average Bonchev–Trinajstić information content (AvgIpc) is 2.06. The lowest BCUT2D eigenvalue weighted by Crippen LogP contribution is -1.93. The Kier molecular flexibility index (Phi) is 5.36. The van der Waals surface area contributed by atoms with Crippen LogP contribution in [0.2, 0.25) is 0 Å². The number of hydrogen-bond donors (Lipinski definition) is 1. The Morgan fingerprint density at radius 1 is 1.38 bits per heavy atom. The Bertz CT molecular complexity index is 289. The molecule has 1 atom stereocenters. The fourth-order valence-electron chi connectivity index (χ4n) is 0.711. The number of para-hydroxylation sites is 1. The van der Waals surface area contributed by atoms with Gasteiger partial charge in [0.1, 0.15) is 5.75 Å². The van der Waals surface area contributed by atoms with Crippen LogP contribution in [0.5, 0.6) is 5.75 Å². The van der Waals surface area contributed by atoms with Gasteiger partial charge >= 0.3 is 7.60 Å². The predicted molar refractivity (Wildman–Crippen MR) is 57.4 cm³/mol. The summed E-state index contributed by atoms with van der Waals surface area (Å²) < 4.78 is 15.9. The fourth-order valence-corrected chi connectivity index (χ4v) is 1.29. The second-order valence-corrected chi connectivity index (χ2v) is 4.45. The van der Waals surface area contributed by atoms with Crippen LogP contribution in [0.3, 0.4) is 0 Å². The Labute approximate surface area is 88.4 Å². The third-order valence-electron chi connectivity index (χ3n) is 1.39. The maximum atomic E-state index is 11.1. The molecule has 0 aliphatic heterocycles. The number of rotatable bonds is 3. The summed E-state index contributed by atoms with van der Waals surface area (Å²) in [6, 6.07) is 8.63. The number of benzene rings is 1. The van der Waals surface area contributed by atoms with Gasteiger partial charge in [-0.2, -0.15) is 0 Å². The fraction of sp³-hybridized carbons (Fsp3) is 0.250. The summed E-state index contributed by atoms with van der Waals surface area (Å²) in [4.78, 5) is 9.11. The molecule has 1 N–H and O–H groups in total. The van der Waals surface area contributed by atoms with E-state index >= 15 is 0 Å². The largest absolute Gasteiger partial charge is 0.424 e. The molecule has 0 bridgehead atoms. The van der Waals surface area contributed by atoms with Gasteiger partial charge in [0.2, 0.25) is 0 Å². The Balaban J connectivity index is 0.00000144. The zero-order valence-corrected chi connectivity index (χ0v) is 7.70. The van der Waals surface area contributed by atoms with Crippen molar-refractivity contribution in [3.05, 3.63) is 30.3 Å². The maximum absolute atomic E-state index is 11.1. The highest BCUT2D eigenvalue weighted by Crippen LogP contribution is 2.41. The summed E-state index contributed by atoms with van der Waals surface area (Å²) in [6.07, 6.45) is 0.127. The molecule has 72 valence electrons. The molecule has 0 saturated heterocycles. The highest BCUT2D eigenvalue weighted by molar-refractivity contribution is 7.53. The maximum Gasteiger partial charge on any atom is 0.376 e. The molecule has 5 heteroatoms. The quantitative estimate of drug-likeness (QED) is 0.607. The third kappa shape index (κ3) is 4.50. The van der Waals surface area contributed by atoms with Gasteiger partial charge in [-0.1, -0.05) is 25.1 Å². The van der Waals surface area contributed by atoms with Crippen LogP contribution >= 0.6 is 7.60 Å². The van der Waals surface area contributed by atoms with Gasteiger partial charge in [0.15, 0.2) is 17.4 Å². The molecule has 13 heavy (non-hydrogen) atoms. The van der Waals surface area contributed by atoms with Crippen LogP contribution in [0.4, 0.5) is 0 Å². The first kappa shape index (κ1) is 12.7. The summed E-state index contributed by atoms with van der Waals surface area (Å²) in [5.41, 5.74) is 0. The third-order valence-corrected chi connectivity index (χ3v) is 2.69. The second kappa shape index (κ2) is 5.47. The molecular formula is C8H14AlO3P. The van der Waals surface area contributed by atoms with Crippen molar-refractivity contribution in [2.45, 2.75) is 6.92 Å². The monoisotopic (exact) mass is 216 g/mol. The first-order valence-electron chi connectivity index (χ1n) is 3.70. The summed E-state index contributed by atoms with van der Waals surface area (Å²) in [5.74, 6) is 0.435. The molecule has 1 unspecified atom stereocenters. The van der Waals surface area contributed by atoms with Gasteiger partial charge in [0, 0.05) is 0 Å². The van der Waals surface area contributed by atoms with Crippen molar-refractivity contribution < 1.29 is 14.0 Å². The van der Waals surface area contributed by atoms with Crippen molar-refractivity contribution in [3.63, 3.8) is 0 Å². The molecule has 0 amide bonds. The van der Waals surface area contributed by atoms with Crippen LogP contribution in [0, 0.1) is 0 Å². The van der Waals surface area contributed by atoms with Gasteiger partial charge in [-0.25, -0.2) is 4.57 Å². The molecule has 0 heterocycles. The Morgan fingerprint density at radius 3 is 2.38 bits per heavy atom. The van der Waals surface area contributed by atoms with Crippen molar-refractivity contribution >= 4 is 25.0 Å². The molecule has 1 aromatic carbocycles. The molecule has 0 saturated carbocycles. The first-order chi connectivity index (χ1) is 5.64. The van der Waals surface area contributed by atoms with E-state index in [1.54, 1.807) is 31.2 Å². The Hall–Kier alpha value is -0.258. The molecule has 0 aromatic heterocycles. The van der Waals surface area contributed by atoms with E-state index in [1.807, 2.05) is 6.07 Å². The normalized spacial score (nSPS) is 14.0. The summed E-state index contributed by atoms with van der Waals surface area (Å²) in [6.45, 7) is 1.61. The van der Waals surface area contributed by atoms with Crippen molar-refractivity contribution in [3.8, 4) is 5.75 Å². The van der Waals surface area contributed by atoms with Crippen molar-refractivity contribution in [1.82, 2.24) is 0 Å². The Morgan fingerprint density at radius 2 is 1.92 bits per heavy atom. The van der Waals surface area contributed by atoms with Crippen molar-refractivity contribution in [2.24, 2.45) is 0 Å². The van der Waals surface area contributed by atoms with Crippen molar-refractivity contribution in [2.75, 3.05) is 6.16 Å². The molecular weight excluding hydrogens is 202 g/mol. The second-order valence-electron chi connectivity index (χ2n) is 2.36. The summed E-state index contributed by atoms with van der Waals surface area (Å²) in [5, 5.41) is 0. The van der Waals surface area contributed by atoms with Crippen LogP contribution in [0.25, 0.3) is 0 Å². The van der Waals surface area contributed by atoms with Crippen LogP contribution in [0.15, 0.2) is 30.3 Å². The smallest absolute Gasteiger partial charge is 0.376 e. The minimum Gasteiger partial charge on any atom is -0.424 e. The zero-order chi connectivity index (χ0) is 9.03. The van der Waals surface area contributed by atoms with Crippen LogP contribution < -0.4 is 4.52 Å². The SMILES string of the molecule is CCP(=O)(O)Oc1ccccc1.[AlH3]. The van der Waals surface area contributed by atoms with E-state index in [9.17, 15) is 4.57 Å². The average molecular weight is 216 g/mol. The molecule has 0 aliphatic carbocycles. The summed E-state index contributed by atoms with van der Waals surface area (Å²) >= 11 is 0. The van der Waals surface area contributed by atoms with Crippen LogP contribution in [-0.2, 0) is 4.57 Å². The first-order valence-corrected chi connectivity index (χ1v) is 5.47. The lowest BCUT2D eigenvalue weighted by molar-refractivity contribution is 0.381. The van der Waals surface area contributed by atoms with Crippen LogP contribution in [0.1, 0.15) is 6.92 Å². The molecule has 0 fully saturated rings. The van der Waals surface area contributed by atoms with Gasteiger partial charge < -0.3 is 9.42 Å². The molecule has 3 nitrogen and oxygen atoms in total. The van der Waals surface area contributed by atoms with E-state index in [0.717, 1.165) is 0 Å². The molecule has 0 radical (unpaired) electrons.